The SMILES string of the molecule is COC(=O)c1cc(Cc2ccccc2)sc1NC(=S)Nc1ccc(C(=O)O)cc1. The molecule has 8 heteroatoms. The fourth-order valence-corrected chi connectivity index (χ4v) is 4.01. The molecule has 1 aromatic heterocycles. The molecule has 6 nitrogen and oxygen atoms in total. The van der Waals surface area contributed by atoms with Gasteiger partial charge in [-0.15, -0.1) is 11.3 Å². The minimum atomic E-state index is -0.996. The first-order valence-electron chi connectivity index (χ1n) is 8.62. The second-order valence-corrected chi connectivity index (χ2v) is 7.62. The monoisotopic (exact) mass is 426 g/mol. The van der Waals surface area contributed by atoms with E-state index in [2.05, 4.69) is 10.6 Å². The lowest BCUT2D eigenvalue weighted by Gasteiger charge is -2.10. The summed E-state index contributed by atoms with van der Waals surface area (Å²) in [4.78, 5) is 24.1. The third-order valence-electron chi connectivity index (χ3n) is 4.03. The Balaban J connectivity index is 1.74. The van der Waals surface area contributed by atoms with Gasteiger partial charge >= 0.3 is 11.9 Å². The van der Waals surface area contributed by atoms with Crippen LogP contribution in [0.5, 0.6) is 0 Å². The maximum Gasteiger partial charge on any atom is 0.340 e. The van der Waals surface area contributed by atoms with Gasteiger partial charge < -0.3 is 20.5 Å². The van der Waals surface area contributed by atoms with E-state index in [0.29, 0.717) is 22.7 Å². The second kappa shape index (κ2) is 9.31. The normalized spacial score (nSPS) is 10.2. The van der Waals surface area contributed by atoms with Crippen molar-refractivity contribution in [2.45, 2.75) is 6.42 Å². The lowest BCUT2D eigenvalue weighted by atomic mass is 10.1. The Morgan fingerprint density at radius 1 is 1.07 bits per heavy atom. The molecule has 0 fully saturated rings. The smallest absolute Gasteiger partial charge is 0.340 e. The average molecular weight is 427 g/mol. The molecule has 0 bridgehead atoms. The number of thiocarbonyl (C=S) groups is 1. The van der Waals surface area contributed by atoms with Crippen molar-refractivity contribution in [3.63, 3.8) is 0 Å². The summed E-state index contributed by atoms with van der Waals surface area (Å²) in [5.41, 5.74) is 2.36. The molecule has 3 rings (SSSR count). The number of ether oxygens (including phenoxy) is 1. The highest BCUT2D eigenvalue weighted by Gasteiger charge is 2.18. The molecule has 29 heavy (non-hydrogen) atoms. The molecule has 1 heterocycles. The number of benzene rings is 2. The van der Waals surface area contributed by atoms with E-state index in [1.807, 2.05) is 30.3 Å². The van der Waals surface area contributed by atoms with Crippen LogP contribution in [0, 0.1) is 0 Å². The zero-order chi connectivity index (χ0) is 20.8. The predicted octanol–water partition coefficient (Wildman–Crippen LogP) is 4.63. The van der Waals surface area contributed by atoms with Crippen molar-refractivity contribution in [1.82, 2.24) is 0 Å². The molecule has 0 saturated heterocycles. The van der Waals surface area contributed by atoms with Crippen LogP contribution in [-0.4, -0.2) is 29.3 Å². The van der Waals surface area contributed by atoms with Crippen LogP contribution in [0.3, 0.4) is 0 Å². The van der Waals surface area contributed by atoms with E-state index < -0.39 is 11.9 Å². The maximum absolute atomic E-state index is 12.2. The van der Waals surface area contributed by atoms with E-state index in [1.54, 1.807) is 18.2 Å². The number of carbonyl (C=O) groups is 2. The number of rotatable bonds is 6. The van der Waals surface area contributed by atoms with Gasteiger partial charge in [0.15, 0.2) is 5.11 Å². The van der Waals surface area contributed by atoms with Gasteiger partial charge in [-0.3, -0.25) is 0 Å². The number of anilines is 2. The van der Waals surface area contributed by atoms with Gasteiger partial charge in [-0.2, -0.15) is 0 Å². The van der Waals surface area contributed by atoms with Crippen molar-refractivity contribution < 1.29 is 19.4 Å². The Kier molecular flexibility index (Phi) is 6.58. The fourth-order valence-electron chi connectivity index (χ4n) is 2.64. The van der Waals surface area contributed by atoms with Crippen molar-refractivity contribution in [2.24, 2.45) is 0 Å². The van der Waals surface area contributed by atoms with Crippen molar-refractivity contribution in [3.05, 3.63) is 82.2 Å². The lowest BCUT2D eigenvalue weighted by molar-refractivity contribution is 0.0601. The topological polar surface area (TPSA) is 87.7 Å². The van der Waals surface area contributed by atoms with Crippen molar-refractivity contribution in [1.29, 1.82) is 0 Å². The molecular formula is C21H18N2O4S2. The summed E-state index contributed by atoms with van der Waals surface area (Å²) in [6.45, 7) is 0. The van der Waals surface area contributed by atoms with Gasteiger partial charge in [0, 0.05) is 17.0 Å². The van der Waals surface area contributed by atoms with Crippen LogP contribution in [0.2, 0.25) is 0 Å². The highest BCUT2D eigenvalue weighted by molar-refractivity contribution is 7.80. The van der Waals surface area contributed by atoms with E-state index in [0.717, 1.165) is 10.4 Å². The quantitative estimate of drug-likeness (QED) is 0.391. The predicted molar refractivity (Wildman–Crippen MR) is 118 cm³/mol. The first kappa shape index (κ1) is 20.5. The summed E-state index contributed by atoms with van der Waals surface area (Å²) in [5.74, 6) is -1.44. The van der Waals surface area contributed by atoms with Crippen molar-refractivity contribution in [2.75, 3.05) is 17.7 Å². The Morgan fingerprint density at radius 2 is 1.76 bits per heavy atom. The summed E-state index contributed by atoms with van der Waals surface area (Å²) in [5, 5.41) is 15.9. The minimum absolute atomic E-state index is 0.186. The summed E-state index contributed by atoms with van der Waals surface area (Å²) >= 11 is 6.77. The van der Waals surface area contributed by atoms with Gasteiger partial charge in [-0.25, -0.2) is 9.59 Å². The molecule has 0 aliphatic heterocycles. The van der Waals surface area contributed by atoms with E-state index >= 15 is 0 Å². The average Bonchev–Trinajstić information content (AvgIpc) is 3.10. The summed E-state index contributed by atoms with van der Waals surface area (Å²) in [6, 6.07) is 18.0. The lowest BCUT2D eigenvalue weighted by Crippen LogP contribution is -2.19. The van der Waals surface area contributed by atoms with Gasteiger partial charge in [0.05, 0.1) is 18.2 Å². The van der Waals surface area contributed by atoms with Gasteiger partial charge in [0.25, 0.3) is 0 Å². The van der Waals surface area contributed by atoms with Crippen LogP contribution >= 0.6 is 23.6 Å². The molecule has 0 unspecified atom stereocenters. The Labute approximate surface area is 177 Å². The maximum atomic E-state index is 12.2. The third kappa shape index (κ3) is 5.40. The summed E-state index contributed by atoms with van der Waals surface area (Å²) in [6.07, 6.45) is 0.689. The number of thiophene rings is 1. The van der Waals surface area contributed by atoms with Crippen LogP contribution in [-0.2, 0) is 11.2 Å². The van der Waals surface area contributed by atoms with Crippen LogP contribution in [0.25, 0.3) is 0 Å². The van der Waals surface area contributed by atoms with Crippen molar-refractivity contribution >= 4 is 51.3 Å². The van der Waals surface area contributed by atoms with E-state index in [4.69, 9.17) is 22.1 Å². The molecular weight excluding hydrogens is 408 g/mol. The molecule has 0 aliphatic rings. The van der Waals surface area contributed by atoms with Gasteiger partial charge in [-0.1, -0.05) is 30.3 Å². The minimum Gasteiger partial charge on any atom is -0.478 e. The molecule has 3 aromatic rings. The number of esters is 1. The highest BCUT2D eigenvalue weighted by Crippen LogP contribution is 2.30. The number of hydrogen-bond donors (Lipinski definition) is 3. The molecule has 0 aliphatic carbocycles. The number of methoxy groups -OCH3 is 1. The van der Waals surface area contributed by atoms with Crippen LogP contribution in [0.4, 0.5) is 10.7 Å². The van der Waals surface area contributed by atoms with Gasteiger partial charge in [-0.05, 0) is 48.1 Å². The number of carbonyl (C=O) groups excluding carboxylic acids is 1. The molecule has 3 N–H and O–H groups in total. The summed E-state index contributed by atoms with van der Waals surface area (Å²) < 4.78 is 4.88. The summed E-state index contributed by atoms with van der Waals surface area (Å²) in [7, 11) is 1.33. The largest absolute Gasteiger partial charge is 0.478 e. The number of hydrogen-bond acceptors (Lipinski definition) is 5. The number of nitrogens with one attached hydrogen (secondary N) is 2. The molecule has 2 aromatic carbocycles. The Bertz CT molecular complexity index is 1030. The number of aromatic carboxylic acids is 1. The zero-order valence-corrected chi connectivity index (χ0v) is 17.1. The van der Waals surface area contributed by atoms with Crippen LogP contribution in [0.15, 0.2) is 60.7 Å². The standard InChI is InChI=1S/C21H18N2O4S2/c1-27-20(26)17-12-16(11-13-5-3-2-4-6-13)29-18(17)23-21(28)22-15-9-7-14(8-10-15)19(24)25/h2-10,12H,11H2,1H3,(H,24,25)(H2,22,23,28). The first-order valence-corrected chi connectivity index (χ1v) is 9.85. The van der Waals surface area contributed by atoms with Crippen molar-refractivity contribution in [3.8, 4) is 0 Å². The Morgan fingerprint density at radius 3 is 2.38 bits per heavy atom. The molecule has 0 radical (unpaired) electrons. The van der Waals surface area contributed by atoms with Crippen LogP contribution < -0.4 is 10.6 Å². The van der Waals surface area contributed by atoms with Crippen LogP contribution in [0.1, 0.15) is 31.2 Å². The third-order valence-corrected chi connectivity index (χ3v) is 5.28. The molecule has 0 amide bonds. The second-order valence-electron chi connectivity index (χ2n) is 6.07. The number of carboxylic acid groups (broad SMARTS) is 1. The molecule has 0 spiro atoms. The van der Waals surface area contributed by atoms with E-state index in [1.165, 1.54) is 30.6 Å². The number of carboxylic acids is 1. The van der Waals surface area contributed by atoms with Gasteiger partial charge in [0.1, 0.15) is 5.00 Å². The molecule has 148 valence electrons. The highest BCUT2D eigenvalue weighted by atomic mass is 32.1. The van der Waals surface area contributed by atoms with Gasteiger partial charge in [0.2, 0.25) is 0 Å². The zero-order valence-electron chi connectivity index (χ0n) is 15.5. The molecule has 0 saturated carbocycles. The first-order chi connectivity index (χ1) is 14.0. The Hall–Kier alpha value is -3.23. The molecule has 0 atom stereocenters. The fraction of sp³-hybridized carbons (Fsp3) is 0.0952. The van der Waals surface area contributed by atoms with E-state index in [9.17, 15) is 9.59 Å². The van der Waals surface area contributed by atoms with E-state index in [-0.39, 0.29) is 10.7 Å².